The van der Waals surface area contributed by atoms with Gasteiger partial charge in [0.25, 0.3) is 0 Å². The quantitative estimate of drug-likeness (QED) is 0.331. The van der Waals surface area contributed by atoms with Gasteiger partial charge in [0.2, 0.25) is 0 Å². The molecule has 0 aromatic heterocycles. The van der Waals surface area contributed by atoms with Gasteiger partial charge in [0.05, 0.1) is 13.2 Å². The van der Waals surface area contributed by atoms with Gasteiger partial charge in [-0.2, -0.15) is 13.5 Å². The molecular formula is C4H12O3S. The van der Waals surface area contributed by atoms with Gasteiger partial charge in [-0.05, 0) is 13.8 Å². The Bertz CT molecular complexity index is 30.5. The van der Waals surface area contributed by atoms with Crippen LogP contribution in [0.5, 0.6) is 0 Å². The lowest BCUT2D eigenvalue weighted by atomic mass is 10.9. The predicted octanol–water partition coefficient (Wildman–Crippen LogP) is 1.02. The highest BCUT2D eigenvalue weighted by molar-refractivity contribution is 7.59. The van der Waals surface area contributed by atoms with Gasteiger partial charge in [-0.3, -0.25) is 0 Å². The molecular weight excluding hydrogens is 128 g/mol. The zero-order valence-electron chi connectivity index (χ0n) is 5.14. The maximum absolute atomic E-state index is 4.35. The SMILES string of the molecule is CCOOOCC.S. The van der Waals surface area contributed by atoms with Crippen LogP contribution in [0.4, 0.5) is 0 Å². The van der Waals surface area contributed by atoms with Crippen molar-refractivity contribution in [2.45, 2.75) is 13.8 Å². The second-order valence-electron chi connectivity index (χ2n) is 0.881. The van der Waals surface area contributed by atoms with Gasteiger partial charge in [0, 0.05) is 0 Å². The van der Waals surface area contributed by atoms with Crippen LogP contribution in [0.2, 0.25) is 0 Å². The van der Waals surface area contributed by atoms with Crippen molar-refractivity contribution in [2.75, 3.05) is 13.2 Å². The zero-order valence-corrected chi connectivity index (χ0v) is 6.14. The molecule has 8 heavy (non-hydrogen) atoms. The van der Waals surface area contributed by atoms with E-state index in [1.54, 1.807) is 0 Å². The third kappa shape index (κ3) is 9.52. The summed E-state index contributed by atoms with van der Waals surface area (Å²) in [6.07, 6.45) is 0. The maximum atomic E-state index is 4.35. The lowest BCUT2D eigenvalue weighted by Crippen LogP contribution is -1.94. The largest absolute Gasteiger partial charge is 0.206 e. The molecule has 0 amide bonds. The minimum Gasteiger partial charge on any atom is -0.206 e. The monoisotopic (exact) mass is 140 g/mol. The lowest BCUT2D eigenvalue weighted by Gasteiger charge is -1.94. The van der Waals surface area contributed by atoms with E-state index in [9.17, 15) is 0 Å². The lowest BCUT2D eigenvalue weighted by molar-refractivity contribution is -0.509. The molecule has 0 aliphatic carbocycles. The van der Waals surface area contributed by atoms with E-state index in [1.165, 1.54) is 0 Å². The summed E-state index contributed by atoms with van der Waals surface area (Å²) in [6.45, 7) is 4.66. The second-order valence-corrected chi connectivity index (χ2v) is 0.881. The summed E-state index contributed by atoms with van der Waals surface area (Å²) >= 11 is 0. The molecule has 0 aromatic rings. The fraction of sp³-hybridized carbons (Fsp3) is 1.00. The first-order valence-corrected chi connectivity index (χ1v) is 2.32. The highest BCUT2D eigenvalue weighted by atomic mass is 32.1. The van der Waals surface area contributed by atoms with Crippen LogP contribution < -0.4 is 0 Å². The molecule has 4 heteroatoms. The Morgan fingerprint density at radius 3 is 1.62 bits per heavy atom. The van der Waals surface area contributed by atoms with Crippen molar-refractivity contribution in [3.05, 3.63) is 0 Å². The molecule has 0 N–H and O–H groups in total. The van der Waals surface area contributed by atoms with Crippen molar-refractivity contribution in [1.82, 2.24) is 0 Å². The van der Waals surface area contributed by atoms with E-state index >= 15 is 0 Å². The highest BCUT2D eigenvalue weighted by Gasteiger charge is 1.77. The molecule has 0 atom stereocenters. The Balaban J connectivity index is 0. The van der Waals surface area contributed by atoms with Crippen LogP contribution in [0.1, 0.15) is 13.8 Å². The van der Waals surface area contributed by atoms with Crippen LogP contribution in [0.15, 0.2) is 0 Å². The molecule has 0 unspecified atom stereocenters. The third-order valence-corrected chi connectivity index (χ3v) is 0.332. The standard InChI is InChI=1S/C4H10O3.H2S/c1-3-5-7-6-4-2;/h3-4H2,1-2H3;1H2. The third-order valence-electron chi connectivity index (χ3n) is 0.332. The molecule has 0 aromatic carbocycles. The summed E-state index contributed by atoms with van der Waals surface area (Å²) in [5.74, 6) is 0. The summed E-state index contributed by atoms with van der Waals surface area (Å²) in [6, 6.07) is 0. The molecule has 0 aliphatic heterocycles. The Morgan fingerprint density at radius 2 is 1.38 bits per heavy atom. The van der Waals surface area contributed by atoms with Crippen molar-refractivity contribution in [2.24, 2.45) is 0 Å². The van der Waals surface area contributed by atoms with Crippen molar-refractivity contribution in [1.29, 1.82) is 0 Å². The van der Waals surface area contributed by atoms with Gasteiger partial charge in [0.15, 0.2) is 0 Å². The Hall–Kier alpha value is 0.230. The van der Waals surface area contributed by atoms with Gasteiger partial charge in [0.1, 0.15) is 0 Å². The number of hydrogen-bond acceptors (Lipinski definition) is 3. The van der Waals surface area contributed by atoms with Crippen LogP contribution >= 0.6 is 13.5 Å². The van der Waals surface area contributed by atoms with Crippen LogP contribution in [0, 0.1) is 0 Å². The van der Waals surface area contributed by atoms with Crippen molar-refractivity contribution < 1.29 is 14.8 Å². The van der Waals surface area contributed by atoms with Crippen molar-refractivity contribution in [3.63, 3.8) is 0 Å². The summed E-state index contributed by atoms with van der Waals surface area (Å²) < 4.78 is 0. The van der Waals surface area contributed by atoms with E-state index < -0.39 is 0 Å². The van der Waals surface area contributed by atoms with Crippen molar-refractivity contribution >= 4 is 13.5 Å². The van der Waals surface area contributed by atoms with Crippen molar-refractivity contribution in [3.8, 4) is 0 Å². The van der Waals surface area contributed by atoms with E-state index in [-0.39, 0.29) is 13.5 Å². The first-order chi connectivity index (χ1) is 3.41. The smallest absolute Gasteiger partial charge is 0.0825 e. The van der Waals surface area contributed by atoms with Gasteiger partial charge in [-0.15, -0.1) is 0 Å². The number of rotatable bonds is 4. The van der Waals surface area contributed by atoms with E-state index in [1.807, 2.05) is 13.8 Å². The predicted molar refractivity (Wildman–Crippen MR) is 34.7 cm³/mol. The first kappa shape index (κ1) is 11.1. The molecule has 0 aliphatic rings. The molecule has 0 bridgehead atoms. The number of hydrogen-bond donors (Lipinski definition) is 0. The fourth-order valence-corrected chi connectivity index (χ4v) is 0.130. The van der Waals surface area contributed by atoms with Crippen LogP contribution in [-0.4, -0.2) is 13.2 Å². The topological polar surface area (TPSA) is 27.7 Å². The van der Waals surface area contributed by atoms with E-state index in [0.29, 0.717) is 13.2 Å². The molecule has 0 rings (SSSR count). The summed E-state index contributed by atoms with van der Waals surface area (Å²) in [5.41, 5.74) is 0. The molecule has 0 heterocycles. The van der Waals surface area contributed by atoms with Crippen LogP contribution in [-0.2, 0) is 14.8 Å². The molecule has 0 radical (unpaired) electrons. The average molecular weight is 140 g/mol. The van der Waals surface area contributed by atoms with Crippen LogP contribution in [0.3, 0.4) is 0 Å². The second kappa shape index (κ2) is 10.3. The Kier molecular flexibility index (Phi) is 14.2. The van der Waals surface area contributed by atoms with Gasteiger partial charge in [-0.25, -0.2) is 9.78 Å². The normalized spacial score (nSPS) is 8.25. The molecule has 0 saturated heterocycles. The van der Waals surface area contributed by atoms with Crippen LogP contribution in [0.25, 0.3) is 0 Å². The first-order valence-electron chi connectivity index (χ1n) is 2.32. The maximum Gasteiger partial charge on any atom is 0.0825 e. The van der Waals surface area contributed by atoms with Gasteiger partial charge in [-0.1, -0.05) is 5.04 Å². The summed E-state index contributed by atoms with van der Waals surface area (Å²) in [7, 11) is 0. The van der Waals surface area contributed by atoms with Gasteiger partial charge < -0.3 is 0 Å². The molecule has 0 fully saturated rings. The van der Waals surface area contributed by atoms with Gasteiger partial charge >= 0.3 is 0 Å². The fourth-order valence-electron chi connectivity index (χ4n) is 0.130. The minimum atomic E-state index is 0. The molecule has 0 spiro atoms. The van der Waals surface area contributed by atoms with E-state index in [0.717, 1.165) is 0 Å². The average Bonchev–Trinajstić information content (AvgIpc) is 1.69. The summed E-state index contributed by atoms with van der Waals surface area (Å²) in [5, 5.41) is 4.13. The Labute approximate surface area is 56.2 Å². The molecule has 3 nitrogen and oxygen atoms in total. The molecule has 52 valence electrons. The highest BCUT2D eigenvalue weighted by Crippen LogP contribution is 1.77. The Morgan fingerprint density at radius 1 is 1.00 bits per heavy atom. The summed E-state index contributed by atoms with van der Waals surface area (Å²) in [4.78, 5) is 8.70. The van der Waals surface area contributed by atoms with E-state index in [2.05, 4.69) is 14.8 Å². The van der Waals surface area contributed by atoms with E-state index in [4.69, 9.17) is 0 Å². The minimum absolute atomic E-state index is 0. The zero-order chi connectivity index (χ0) is 5.54. The molecule has 0 saturated carbocycles.